The van der Waals surface area contributed by atoms with Gasteiger partial charge in [-0.05, 0) is 98.3 Å². The van der Waals surface area contributed by atoms with Crippen LogP contribution in [0, 0.1) is 34.5 Å². The molecule has 0 aliphatic heterocycles. The Hall–Kier alpha value is -0.750. The van der Waals surface area contributed by atoms with Gasteiger partial charge in [0.15, 0.2) is 5.79 Å². The largest absolute Gasteiger partial charge is 0.508 e. The Morgan fingerprint density at radius 3 is 2.32 bits per heavy atom. The van der Waals surface area contributed by atoms with Crippen molar-refractivity contribution in [3.8, 4) is 5.75 Å². The van der Waals surface area contributed by atoms with Crippen molar-refractivity contribution in [3.05, 3.63) is 24.3 Å². The normalized spacial score (nSPS) is 46.1. The number of rotatable bonds is 3. The van der Waals surface area contributed by atoms with E-state index in [9.17, 15) is 20.4 Å². The highest BCUT2D eigenvalue weighted by molar-refractivity contribution is 7.99. The molecule has 5 rings (SSSR count). The number of aromatic hydroxyl groups is 1. The molecule has 2 unspecified atom stereocenters. The molecule has 0 spiro atoms. The fraction of sp³-hybridized carbons (Fsp3) is 0.769. The Kier molecular flexibility index (Phi) is 5.25. The highest BCUT2D eigenvalue weighted by Crippen LogP contribution is 2.69. The molecule has 4 N–H and O–H groups in total. The van der Waals surface area contributed by atoms with Crippen LogP contribution in [-0.2, 0) is 0 Å². The maximum atomic E-state index is 11.9. The van der Waals surface area contributed by atoms with Gasteiger partial charge in [0.25, 0.3) is 0 Å². The van der Waals surface area contributed by atoms with Crippen molar-refractivity contribution >= 4 is 11.8 Å². The summed E-state index contributed by atoms with van der Waals surface area (Å²) in [7, 11) is 0. The second-order valence-corrected chi connectivity index (χ2v) is 12.7. The van der Waals surface area contributed by atoms with Gasteiger partial charge >= 0.3 is 0 Å². The highest BCUT2D eigenvalue weighted by Gasteiger charge is 2.65. The maximum absolute atomic E-state index is 11.9. The van der Waals surface area contributed by atoms with Crippen LogP contribution in [-0.4, -0.2) is 37.6 Å². The Morgan fingerprint density at radius 1 is 0.871 bits per heavy atom. The lowest BCUT2D eigenvalue weighted by Gasteiger charge is -2.62. The zero-order chi connectivity index (χ0) is 22.1. The predicted molar refractivity (Wildman–Crippen MR) is 123 cm³/mol. The van der Waals surface area contributed by atoms with E-state index in [-0.39, 0.29) is 16.6 Å². The molecule has 0 heterocycles. The molecule has 4 aliphatic rings. The molecule has 0 amide bonds. The molecule has 4 fully saturated rings. The summed E-state index contributed by atoms with van der Waals surface area (Å²) in [6.45, 7) is 4.77. The average Bonchev–Trinajstić information content (AvgIpc) is 2.99. The zero-order valence-electron chi connectivity index (χ0n) is 18.9. The molecule has 172 valence electrons. The Labute approximate surface area is 190 Å². The van der Waals surface area contributed by atoms with E-state index in [2.05, 4.69) is 13.8 Å². The van der Waals surface area contributed by atoms with Crippen LogP contribution in [0.5, 0.6) is 5.75 Å². The van der Waals surface area contributed by atoms with Crippen molar-refractivity contribution in [2.75, 3.05) is 5.75 Å². The third-order valence-corrected chi connectivity index (χ3v) is 11.6. The van der Waals surface area contributed by atoms with Gasteiger partial charge in [0.1, 0.15) is 5.75 Å². The maximum Gasteiger partial charge on any atom is 0.162 e. The summed E-state index contributed by atoms with van der Waals surface area (Å²) < 4.78 is 0. The molecule has 4 saturated carbocycles. The van der Waals surface area contributed by atoms with Crippen LogP contribution in [0.25, 0.3) is 0 Å². The lowest BCUT2D eigenvalue weighted by molar-refractivity contribution is -0.235. The molecule has 31 heavy (non-hydrogen) atoms. The van der Waals surface area contributed by atoms with Gasteiger partial charge in [-0.2, -0.15) is 0 Å². The molecular formula is C26H38O4S. The molecule has 1 aromatic rings. The fourth-order valence-corrected chi connectivity index (χ4v) is 9.53. The third-order valence-electron chi connectivity index (χ3n) is 10.3. The minimum Gasteiger partial charge on any atom is -0.508 e. The SMILES string of the molecule is C[C@]12CCC(O)(O)CC1CC[C@@H]1[C@H]2CC[C@@]2(C)[C@H]1CCC2(O)CSc1ccc(O)cc1. The van der Waals surface area contributed by atoms with E-state index in [0.717, 1.165) is 43.4 Å². The molecule has 0 saturated heterocycles. The van der Waals surface area contributed by atoms with Gasteiger partial charge in [-0.25, -0.2) is 0 Å². The van der Waals surface area contributed by atoms with E-state index in [1.165, 1.54) is 6.42 Å². The van der Waals surface area contributed by atoms with Crippen molar-refractivity contribution in [3.63, 3.8) is 0 Å². The number of fused-ring (bicyclic) bond motifs is 5. The van der Waals surface area contributed by atoms with Gasteiger partial charge < -0.3 is 20.4 Å². The first kappa shape index (κ1) is 22.1. The number of hydrogen-bond donors (Lipinski definition) is 4. The molecular weight excluding hydrogens is 408 g/mol. The average molecular weight is 447 g/mol. The van der Waals surface area contributed by atoms with Crippen molar-refractivity contribution in [1.82, 2.24) is 0 Å². The second kappa shape index (κ2) is 7.38. The topological polar surface area (TPSA) is 80.9 Å². The van der Waals surface area contributed by atoms with Crippen molar-refractivity contribution in [1.29, 1.82) is 0 Å². The van der Waals surface area contributed by atoms with Crippen molar-refractivity contribution in [2.24, 2.45) is 34.5 Å². The Balaban J connectivity index is 1.34. The summed E-state index contributed by atoms with van der Waals surface area (Å²) >= 11 is 1.71. The minimum absolute atomic E-state index is 0.0480. The number of phenolic OH excluding ortho intramolecular Hbond substituents is 1. The van der Waals surface area contributed by atoms with Gasteiger partial charge in [0.2, 0.25) is 0 Å². The monoisotopic (exact) mass is 446 g/mol. The molecule has 4 aliphatic carbocycles. The molecule has 1 aromatic carbocycles. The minimum atomic E-state index is -1.47. The second-order valence-electron chi connectivity index (χ2n) is 11.7. The van der Waals surface area contributed by atoms with Crippen LogP contribution < -0.4 is 0 Å². The van der Waals surface area contributed by atoms with Gasteiger partial charge in [-0.3, -0.25) is 0 Å². The van der Waals surface area contributed by atoms with Crippen LogP contribution in [0.1, 0.15) is 71.6 Å². The van der Waals surface area contributed by atoms with E-state index >= 15 is 0 Å². The highest BCUT2D eigenvalue weighted by atomic mass is 32.2. The molecule has 5 heteroatoms. The first-order chi connectivity index (χ1) is 14.6. The lowest BCUT2D eigenvalue weighted by Crippen LogP contribution is -2.58. The summed E-state index contributed by atoms with van der Waals surface area (Å²) in [6, 6.07) is 7.30. The van der Waals surface area contributed by atoms with Crippen LogP contribution in [0.3, 0.4) is 0 Å². The quantitative estimate of drug-likeness (QED) is 0.391. The number of benzene rings is 1. The summed E-state index contributed by atoms with van der Waals surface area (Å²) in [6.07, 6.45) is 8.40. The summed E-state index contributed by atoms with van der Waals surface area (Å²) in [4.78, 5) is 1.10. The molecule has 0 aromatic heterocycles. The van der Waals surface area contributed by atoms with Crippen LogP contribution in [0.4, 0.5) is 0 Å². The van der Waals surface area contributed by atoms with E-state index in [4.69, 9.17) is 0 Å². The molecule has 0 radical (unpaired) electrons. The fourth-order valence-electron chi connectivity index (χ4n) is 8.32. The van der Waals surface area contributed by atoms with Gasteiger partial charge in [-0.1, -0.05) is 13.8 Å². The number of hydrogen-bond acceptors (Lipinski definition) is 5. The number of aliphatic hydroxyl groups is 3. The summed E-state index contributed by atoms with van der Waals surface area (Å²) in [5, 5.41) is 41.9. The zero-order valence-corrected chi connectivity index (χ0v) is 19.7. The standard InChI is InChI=1S/C26H38O4S/c1-23-13-14-26(29,30)15-17(23)3-8-20-21(23)9-11-24(2)22(20)10-12-25(24,28)16-31-19-6-4-18(27)5-7-19/h4-7,17,20-22,27-30H,3,8-16H2,1-2H3/t17?,20-,21-,22+,23+,24+,25?/m1/s1. The molecule has 4 nitrogen and oxygen atoms in total. The van der Waals surface area contributed by atoms with E-state index in [0.29, 0.717) is 42.3 Å². The Morgan fingerprint density at radius 2 is 1.58 bits per heavy atom. The van der Waals surface area contributed by atoms with Gasteiger partial charge in [-0.15, -0.1) is 11.8 Å². The summed E-state index contributed by atoms with van der Waals surface area (Å²) in [5.41, 5.74) is -0.491. The van der Waals surface area contributed by atoms with Crippen LogP contribution in [0.15, 0.2) is 29.2 Å². The Bertz CT molecular complexity index is 825. The number of thioether (sulfide) groups is 1. The summed E-state index contributed by atoms with van der Waals surface area (Å²) in [5.74, 6) is 1.78. The predicted octanol–water partition coefficient (Wildman–Crippen LogP) is 4.94. The van der Waals surface area contributed by atoms with Gasteiger partial charge in [0.05, 0.1) is 5.60 Å². The van der Waals surface area contributed by atoms with Gasteiger partial charge in [0, 0.05) is 28.9 Å². The molecule has 7 atom stereocenters. The lowest BCUT2D eigenvalue weighted by atomic mass is 9.44. The van der Waals surface area contributed by atoms with Crippen molar-refractivity contribution in [2.45, 2.75) is 87.9 Å². The number of phenols is 1. The first-order valence-electron chi connectivity index (χ1n) is 12.2. The third kappa shape index (κ3) is 3.46. The van der Waals surface area contributed by atoms with Crippen molar-refractivity contribution < 1.29 is 20.4 Å². The van der Waals surface area contributed by atoms with Crippen LogP contribution in [0.2, 0.25) is 0 Å². The first-order valence-corrected chi connectivity index (χ1v) is 13.1. The van der Waals surface area contributed by atoms with E-state index in [1.807, 2.05) is 12.1 Å². The molecule has 0 bridgehead atoms. The van der Waals surface area contributed by atoms with E-state index < -0.39 is 11.4 Å². The smallest absolute Gasteiger partial charge is 0.162 e. The van der Waals surface area contributed by atoms with Crippen LogP contribution >= 0.6 is 11.8 Å². The van der Waals surface area contributed by atoms with E-state index in [1.54, 1.807) is 23.9 Å².